The van der Waals surface area contributed by atoms with E-state index in [2.05, 4.69) is 161 Å². The fourth-order valence-corrected chi connectivity index (χ4v) is 11.0. The summed E-state index contributed by atoms with van der Waals surface area (Å²) in [5.74, 6) is 1.65. The first-order valence-corrected chi connectivity index (χ1v) is 24.4. The Labute approximate surface area is 417 Å². The Morgan fingerprint density at radius 3 is 1.47 bits per heavy atom. The van der Waals surface area contributed by atoms with Crippen LogP contribution in [0.5, 0.6) is 0 Å². The minimum Gasteiger partial charge on any atom is -0.454 e. The molecule has 0 aliphatic carbocycles. The lowest BCUT2D eigenvalue weighted by molar-refractivity contribution is 0.671. The van der Waals surface area contributed by atoms with Gasteiger partial charge in [0.2, 0.25) is 0 Å². The average Bonchev–Trinajstić information content (AvgIpc) is 4.14. The zero-order valence-corrected chi connectivity index (χ0v) is 39.1. The maximum Gasteiger partial charge on any atom is 0.166 e. The molecular formula is C65H39N7O. The lowest BCUT2D eigenvalue weighted by Crippen LogP contribution is -2.05. The molecule has 0 radical (unpaired) electrons. The summed E-state index contributed by atoms with van der Waals surface area (Å²) >= 11 is 0. The molecule has 0 unspecified atom stereocenters. The van der Waals surface area contributed by atoms with E-state index in [4.69, 9.17) is 29.3 Å². The van der Waals surface area contributed by atoms with Crippen molar-refractivity contribution in [3.8, 4) is 68.1 Å². The van der Waals surface area contributed by atoms with Gasteiger partial charge < -0.3 is 13.6 Å². The van der Waals surface area contributed by atoms with E-state index in [0.717, 1.165) is 127 Å². The minimum absolute atomic E-state index is 0.517. The fraction of sp³-hybridized carbons (Fsp3) is 0. The van der Waals surface area contributed by atoms with Crippen molar-refractivity contribution < 1.29 is 4.42 Å². The summed E-state index contributed by atoms with van der Waals surface area (Å²) in [6.45, 7) is 0. The zero-order chi connectivity index (χ0) is 48.0. The van der Waals surface area contributed by atoms with Crippen molar-refractivity contribution in [2.75, 3.05) is 0 Å². The highest BCUT2D eigenvalue weighted by Crippen LogP contribution is 2.50. The quantitative estimate of drug-likeness (QED) is 0.158. The number of benzene rings is 10. The van der Waals surface area contributed by atoms with Gasteiger partial charge in [-0.3, -0.25) is 0 Å². The van der Waals surface area contributed by atoms with E-state index in [1.54, 1.807) is 0 Å². The van der Waals surface area contributed by atoms with Crippen LogP contribution in [0, 0.1) is 0 Å². The van der Waals surface area contributed by atoms with Crippen molar-refractivity contribution in [2.24, 2.45) is 0 Å². The van der Waals surface area contributed by atoms with Gasteiger partial charge in [0, 0.05) is 65.8 Å². The fourth-order valence-electron chi connectivity index (χ4n) is 11.0. The second kappa shape index (κ2) is 16.3. The van der Waals surface area contributed by atoms with Crippen LogP contribution in [0.25, 0.3) is 145 Å². The number of para-hydroxylation sites is 6. The second-order valence-electron chi connectivity index (χ2n) is 18.3. The summed E-state index contributed by atoms with van der Waals surface area (Å²) in [4.78, 5) is 26.8. The summed E-state index contributed by atoms with van der Waals surface area (Å²) in [5.41, 5.74) is 15.3. The van der Waals surface area contributed by atoms with Crippen molar-refractivity contribution in [1.82, 2.24) is 34.1 Å². The summed E-state index contributed by atoms with van der Waals surface area (Å²) in [6, 6.07) is 81.7. The molecule has 0 N–H and O–H groups in total. The van der Waals surface area contributed by atoms with E-state index in [0.29, 0.717) is 17.5 Å². The van der Waals surface area contributed by atoms with Gasteiger partial charge in [0.25, 0.3) is 0 Å². The zero-order valence-electron chi connectivity index (χ0n) is 39.1. The van der Waals surface area contributed by atoms with E-state index in [-0.39, 0.29) is 0 Å². The molecule has 0 aliphatic rings. The van der Waals surface area contributed by atoms with Gasteiger partial charge in [0.05, 0.1) is 50.2 Å². The molecule has 0 amide bonds. The standard InChI is InChI=1S/C65H39N7O/c1-5-21-40(22-6-1)58-59(67-50-33-17-16-32-49(50)66-58)43-37-38-53(48(39-43)65-69-63(41-23-7-2-8-24-41)68-64(70-65)42-25-9-3-10-26-42)72-52-35-19-13-29-45(52)55-56-47-31-15-20-36-54(47)73-62(56)61-57(60(55)72)46-30-14-18-34-51(46)71(61)44-27-11-4-12-28-44/h1-39H. The molecule has 5 aromatic heterocycles. The Balaban J connectivity index is 1.14. The third-order valence-corrected chi connectivity index (χ3v) is 14.1. The normalized spacial score (nSPS) is 11.8. The Bertz CT molecular complexity index is 4600. The summed E-state index contributed by atoms with van der Waals surface area (Å²) < 4.78 is 11.9. The Morgan fingerprint density at radius 1 is 0.329 bits per heavy atom. The molecule has 15 aromatic rings. The van der Waals surface area contributed by atoms with Crippen molar-refractivity contribution in [3.63, 3.8) is 0 Å². The molecule has 15 rings (SSSR count). The molecule has 10 aromatic carbocycles. The molecule has 0 fully saturated rings. The van der Waals surface area contributed by atoms with Gasteiger partial charge in [0.1, 0.15) is 5.58 Å². The predicted octanol–water partition coefficient (Wildman–Crippen LogP) is 16.2. The first-order valence-electron chi connectivity index (χ1n) is 24.4. The van der Waals surface area contributed by atoms with Crippen LogP contribution in [-0.4, -0.2) is 34.1 Å². The molecule has 5 heterocycles. The van der Waals surface area contributed by atoms with Gasteiger partial charge in [-0.05, 0) is 54.6 Å². The lowest BCUT2D eigenvalue weighted by atomic mass is 9.99. The highest BCUT2D eigenvalue weighted by molar-refractivity contribution is 6.39. The van der Waals surface area contributed by atoms with E-state index in [9.17, 15) is 0 Å². The molecule has 0 atom stereocenters. The van der Waals surface area contributed by atoms with Gasteiger partial charge >= 0.3 is 0 Å². The molecule has 0 saturated carbocycles. The largest absolute Gasteiger partial charge is 0.454 e. The molecule has 0 bridgehead atoms. The van der Waals surface area contributed by atoms with Gasteiger partial charge in [-0.25, -0.2) is 24.9 Å². The predicted molar refractivity (Wildman–Crippen MR) is 296 cm³/mol. The number of hydrogen-bond donors (Lipinski definition) is 0. The average molecular weight is 934 g/mol. The molecule has 73 heavy (non-hydrogen) atoms. The van der Waals surface area contributed by atoms with Gasteiger partial charge in [0.15, 0.2) is 23.1 Å². The molecular weight excluding hydrogens is 895 g/mol. The molecule has 8 heteroatoms. The van der Waals surface area contributed by atoms with Crippen molar-refractivity contribution in [3.05, 3.63) is 237 Å². The summed E-state index contributed by atoms with van der Waals surface area (Å²) in [6.07, 6.45) is 0. The minimum atomic E-state index is 0.517. The Morgan fingerprint density at radius 2 is 0.822 bits per heavy atom. The van der Waals surface area contributed by atoms with Crippen LogP contribution < -0.4 is 0 Å². The van der Waals surface area contributed by atoms with E-state index in [1.807, 2.05) is 84.9 Å². The highest BCUT2D eigenvalue weighted by atomic mass is 16.3. The van der Waals surface area contributed by atoms with Crippen molar-refractivity contribution in [1.29, 1.82) is 0 Å². The van der Waals surface area contributed by atoms with Crippen LogP contribution in [0.3, 0.4) is 0 Å². The highest BCUT2D eigenvalue weighted by Gasteiger charge is 2.29. The van der Waals surface area contributed by atoms with Crippen LogP contribution in [-0.2, 0) is 0 Å². The summed E-state index contributed by atoms with van der Waals surface area (Å²) in [7, 11) is 0. The lowest BCUT2D eigenvalue weighted by Gasteiger charge is -2.18. The molecule has 0 spiro atoms. The Kier molecular flexibility index (Phi) is 9.09. The van der Waals surface area contributed by atoms with Crippen LogP contribution in [0.15, 0.2) is 241 Å². The number of aromatic nitrogens is 7. The van der Waals surface area contributed by atoms with Crippen LogP contribution in [0.1, 0.15) is 0 Å². The maximum atomic E-state index is 7.11. The number of fused-ring (bicyclic) bond motifs is 13. The second-order valence-corrected chi connectivity index (χ2v) is 18.3. The smallest absolute Gasteiger partial charge is 0.166 e. The molecule has 340 valence electrons. The first kappa shape index (κ1) is 40.8. The molecule has 0 aliphatic heterocycles. The van der Waals surface area contributed by atoms with Crippen molar-refractivity contribution >= 4 is 76.6 Å². The van der Waals surface area contributed by atoms with Crippen molar-refractivity contribution in [2.45, 2.75) is 0 Å². The molecule has 0 saturated heterocycles. The van der Waals surface area contributed by atoms with E-state index >= 15 is 0 Å². The van der Waals surface area contributed by atoms with Gasteiger partial charge in [-0.1, -0.05) is 182 Å². The third kappa shape index (κ3) is 6.37. The number of hydrogen-bond acceptors (Lipinski definition) is 6. The third-order valence-electron chi connectivity index (χ3n) is 14.1. The van der Waals surface area contributed by atoms with Gasteiger partial charge in [-0.15, -0.1) is 0 Å². The number of nitrogens with zero attached hydrogens (tertiary/aromatic N) is 7. The number of furan rings is 1. The van der Waals surface area contributed by atoms with E-state index < -0.39 is 0 Å². The number of rotatable bonds is 7. The van der Waals surface area contributed by atoms with Crippen LogP contribution in [0.2, 0.25) is 0 Å². The summed E-state index contributed by atoms with van der Waals surface area (Å²) in [5, 5.41) is 6.49. The van der Waals surface area contributed by atoms with Gasteiger partial charge in [-0.2, -0.15) is 0 Å². The maximum absolute atomic E-state index is 7.11. The van der Waals surface area contributed by atoms with E-state index in [1.165, 1.54) is 0 Å². The first-order chi connectivity index (χ1) is 36.2. The SMILES string of the molecule is c1ccc(-c2nc(-c3ccccc3)nc(-c3cc(-c4nc5ccccc5nc4-c4ccccc4)ccc3-n3c4ccccc4c4c5c6ccccc6oc5c5c(c6ccccc6n5-c5ccccc5)c43)n2)cc1. The topological polar surface area (TPSA) is 87.5 Å². The van der Waals surface area contributed by atoms with Crippen LogP contribution >= 0.6 is 0 Å². The Hall–Kier alpha value is -10.1. The monoisotopic (exact) mass is 933 g/mol. The van der Waals surface area contributed by atoms with Crippen LogP contribution in [0.4, 0.5) is 0 Å². The molecule has 8 nitrogen and oxygen atoms in total.